The molecule has 8 heteroatoms. The normalized spacial score (nSPS) is 14.3. The lowest BCUT2D eigenvalue weighted by atomic mass is 9.71. The third-order valence-corrected chi connectivity index (χ3v) is 7.22. The van der Waals surface area contributed by atoms with Gasteiger partial charge in [0.1, 0.15) is 17.1 Å². The van der Waals surface area contributed by atoms with E-state index >= 15 is 0 Å². The van der Waals surface area contributed by atoms with Gasteiger partial charge in [0.2, 0.25) is 0 Å². The summed E-state index contributed by atoms with van der Waals surface area (Å²) in [7, 11) is 0. The van der Waals surface area contributed by atoms with Crippen LogP contribution in [0.15, 0.2) is 77.7 Å². The van der Waals surface area contributed by atoms with Crippen molar-refractivity contribution in [2.75, 3.05) is 0 Å². The van der Waals surface area contributed by atoms with E-state index in [0.717, 1.165) is 41.2 Å². The molecule has 0 spiro atoms. The van der Waals surface area contributed by atoms with Crippen molar-refractivity contribution in [2.45, 2.75) is 24.8 Å². The van der Waals surface area contributed by atoms with Crippen LogP contribution in [0.5, 0.6) is 0 Å². The van der Waals surface area contributed by atoms with Crippen LogP contribution in [0.2, 0.25) is 5.02 Å². The number of aromatic nitrogens is 3. The molecule has 1 saturated carbocycles. The summed E-state index contributed by atoms with van der Waals surface area (Å²) in [6.45, 7) is 0. The minimum absolute atomic E-state index is 0.0429. The second-order valence-electron chi connectivity index (χ2n) is 9.08. The van der Waals surface area contributed by atoms with E-state index in [-0.39, 0.29) is 16.8 Å². The van der Waals surface area contributed by atoms with Gasteiger partial charge >= 0.3 is 0 Å². The third kappa shape index (κ3) is 3.55. The summed E-state index contributed by atoms with van der Waals surface area (Å²) in [6.07, 6.45) is 4.13. The van der Waals surface area contributed by atoms with E-state index in [1.165, 1.54) is 4.52 Å². The molecule has 2 N–H and O–H groups in total. The number of hydrogen-bond acceptors (Lipinski definition) is 4. The molecule has 2 heterocycles. The predicted octanol–water partition coefficient (Wildman–Crippen LogP) is 5.18. The van der Waals surface area contributed by atoms with Crippen LogP contribution < -0.4 is 10.9 Å². The fraction of sp³-hybridized carbons (Fsp3) is 0.143. The molecule has 0 aliphatic heterocycles. The second-order valence-corrected chi connectivity index (χ2v) is 9.52. The van der Waals surface area contributed by atoms with Crippen molar-refractivity contribution in [1.82, 2.24) is 19.9 Å². The molecule has 1 amide bonds. The highest BCUT2D eigenvalue weighted by molar-refractivity contribution is 6.30. The number of H-pyrrole nitrogens is 1. The number of benzene rings is 3. The van der Waals surface area contributed by atoms with Gasteiger partial charge in [-0.1, -0.05) is 60.1 Å². The van der Waals surface area contributed by atoms with Crippen molar-refractivity contribution in [2.24, 2.45) is 0 Å². The quantitative estimate of drug-likeness (QED) is 0.360. The summed E-state index contributed by atoms with van der Waals surface area (Å²) in [6, 6.07) is 23.2. The minimum atomic E-state index is -0.549. The van der Waals surface area contributed by atoms with E-state index in [0.29, 0.717) is 10.7 Å². The number of fused-ring (bicyclic) bond motifs is 2. The Balaban J connectivity index is 1.40. The summed E-state index contributed by atoms with van der Waals surface area (Å²) in [5.41, 5.74) is 1.17. The number of amides is 1. The number of nitrogens with one attached hydrogen (secondary N) is 2. The number of nitriles is 1. The Kier molecular flexibility index (Phi) is 5.13. The van der Waals surface area contributed by atoms with Gasteiger partial charge in [0.15, 0.2) is 5.69 Å². The van der Waals surface area contributed by atoms with Crippen LogP contribution in [0.25, 0.3) is 27.5 Å². The van der Waals surface area contributed by atoms with E-state index in [4.69, 9.17) is 11.6 Å². The highest BCUT2D eigenvalue weighted by Crippen LogP contribution is 2.42. The first-order valence-electron chi connectivity index (χ1n) is 11.6. The van der Waals surface area contributed by atoms with Crippen molar-refractivity contribution in [1.29, 1.82) is 5.26 Å². The molecule has 176 valence electrons. The Morgan fingerprint density at radius 1 is 1.08 bits per heavy atom. The number of halogens is 1. The van der Waals surface area contributed by atoms with Crippen LogP contribution in [-0.4, -0.2) is 20.5 Å². The van der Waals surface area contributed by atoms with Gasteiger partial charge in [0, 0.05) is 10.6 Å². The second kappa shape index (κ2) is 8.36. The first-order valence-corrected chi connectivity index (χ1v) is 12.0. The van der Waals surface area contributed by atoms with E-state index in [2.05, 4.69) is 15.4 Å². The lowest BCUT2D eigenvalue weighted by molar-refractivity contribution is 0.0817. The van der Waals surface area contributed by atoms with Crippen molar-refractivity contribution in [3.63, 3.8) is 0 Å². The monoisotopic (exact) mass is 493 g/mol. The smallest absolute Gasteiger partial charge is 0.275 e. The number of rotatable bonds is 4. The zero-order valence-electron chi connectivity index (χ0n) is 19.1. The van der Waals surface area contributed by atoms with Crippen LogP contribution in [0.1, 0.15) is 40.9 Å². The molecule has 0 unspecified atom stereocenters. The molecule has 0 saturated heterocycles. The largest absolute Gasteiger partial charge is 0.341 e. The van der Waals surface area contributed by atoms with E-state index in [9.17, 15) is 14.9 Å². The van der Waals surface area contributed by atoms with Crippen molar-refractivity contribution >= 4 is 33.8 Å². The van der Waals surface area contributed by atoms with Crippen molar-refractivity contribution in [3.05, 3.63) is 105 Å². The van der Waals surface area contributed by atoms with Gasteiger partial charge in [0.05, 0.1) is 17.4 Å². The molecule has 0 bridgehead atoms. The Morgan fingerprint density at radius 2 is 1.83 bits per heavy atom. The lowest BCUT2D eigenvalue weighted by Crippen LogP contribution is -2.51. The molecule has 1 aliphatic rings. The zero-order chi connectivity index (χ0) is 24.9. The Labute approximate surface area is 211 Å². The topological polar surface area (TPSA) is 103 Å². The summed E-state index contributed by atoms with van der Waals surface area (Å²) >= 11 is 6.04. The Bertz CT molecular complexity index is 1760. The molecule has 2 aromatic heterocycles. The van der Waals surface area contributed by atoms with Crippen LogP contribution in [0.4, 0.5) is 0 Å². The van der Waals surface area contributed by atoms with Crippen molar-refractivity contribution in [3.8, 4) is 17.3 Å². The standard InChI is InChI=1S/C28H20ClN5O2/c29-21-10-8-20(9-11-21)28(12-3-13-28)32-26(35)24-22(15-30)25-27(36)31-23(16-34(25)33-24)19-7-6-17-4-1-2-5-18(17)14-19/h1-2,4-11,14,16H,3,12-13H2,(H,31,36)(H,32,35). The highest BCUT2D eigenvalue weighted by atomic mass is 35.5. The average Bonchev–Trinajstić information content (AvgIpc) is 3.26. The van der Waals surface area contributed by atoms with Crippen LogP contribution in [0, 0.1) is 11.3 Å². The highest BCUT2D eigenvalue weighted by Gasteiger charge is 2.41. The van der Waals surface area contributed by atoms with Crippen LogP contribution in [-0.2, 0) is 5.54 Å². The summed E-state index contributed by atoms with van der Waals surface area (Å²) < 4.78 is 1.33. The lowest BCUT2D eigenvalue weighted by Gasteiger charge is -2.43. The Morgan fingerprint density at radius 3 is 2.53 bits per heavy atom. The molecular weight excluding hydrogens is 474 g/mol. The fourth-order valence-electron chi connectivity index (χ4n) is 4.91. The number of hydrogen-bond donors (Lipinski definition) is 2. The molecule has 7 nitrogen and oxygen atoms in total. The maximum absolute atomic E-state index is 13.4. The molecule has 5 aromatic rings. The number of aromatic amines is 1. The van der Waals surface area contributed by atoms with E-state index < -0.39 is 17.0 Å². The number of carbonyl (C=O) groups is 1. The zero-order valence-corrected chi connectivity index (χ0v) is 19.8. The molecule has 0 atom stereocenters. The van der Waals surface area contributed by atoms with Crippen LogP contribution in [0.3, 0.4) is 0 Å². The first kappa shape index (κ1) is 22.1. The van der Waals surface area contributed by atoms with Gasteiger partial charge in [-0.3, -0.25) is 9.59 Å². The SMILES string of the molecule is N#Cc1c(C(=O)NC2(c3ccc(Cl)cc3)CCC2)nn2cc(-c3ccc4ccccc4c3)[nH]c(=O)c12. The Hall–Kier alpha value is -4.41. The maximum Gasteiger partial charge on any atom is 0.275 e. The number of carbonyl (C=O) groups excluding carboxylic acids is 1. The maximum atomic E-state index is 13.4. The molecule has 1 fully saturated rings. The van der Waals surface area contributed by atoms with E-state index in [1.54, 1.807) is 18.3 Å². The van der Waals surface area contributed by atoms with Gasteiger partial charge in [-0.15, -0.1) is 0 Å². The minimum Gasteiger partial charge on any atom is -0.341 e. The van der Waals surface area contributed by atoms with Gasteiger partial charge in [0.25, 0.3) is 11.5 Å². The molecule has 36 heavy (non-hydrogen) atoms. The molecule has 0 radical (unpaired) electrons. The predicted molar refractivity (Wildman–Crippen MR) is 138 cm³/mol. The average molecular weight is 494 g/mol. The van der Waals surface area contributed by atoms with Gasteiger partial charge in [-0.05, 0) is 53.8 Å². The third-order valence-electron chi connectivity index (χ3n) is 6.97. The first-order chi connectivity index (χ1) is 17.5. The van der Waals surface area contributed by atoms with Gasteiger partial charge in [-0.25, -0.2) is 4.52 Å². The number of nitrogens with zero attached hydrogens (tertiary/aromatic N) is 3. The van der Waals surface area contributed by atoms with Gasteiger partial charge < -0.3 is 10.3 Å². The molecule has 3 aromatic carbocycles. The molecule has 6 rings (SSSR count). The van der Waals surface area contributed by atoms with E-state index in [1.807, 2.05) is 60.7 Å². The van der Waals surface area contributed by atoms with Crippen molar-refractivity contribution < 1.29 is 4.79 Å². The fourth-order valence-corrected chi connectivity index (χ4v) is 5.04. The van der Waals surface area contributed by atoms with Crippen LogP contribution >= 0.6 is 11.6 Å². The summed E-state index contributed by atoms with van der Waals surface area (Å²) in [4.78, 5) is 29.3. The summed E-state index contributed by atoms with van der Waals surface area (Å²) in [5, 5.41) is 20.0. The van der Waals surface area contributed by atoms with Gasteiger partial charge in [-0.2, -0.15) is 10.4 Å². The summed E-state index contributed by atoms with van der Waals surface area (Å²) in [5.74, 6) is -0.489. The molecular formula is C28H20ClN5O2. The molecule has 1 aliphatic carbocycles.